The molecule has 114 heavy (non-hydrogen) atoms. The predicted molar refractivity (Wildman–Crippen MR) is 498 cm³/mol. The second-order valence-corrected chi connectivity index (χ2v) is 51.7. The first-order valence-electron chi connectivity index (χ1n) is 47.7. The van der Waals surface area contributed by atoms with E-state index in [9.17, 15) is 17.6 Å². The fraction of sp³-hybridized carbons (Fsp3) is 0.890. The van der Waals surface area contributed by atoms with E-state index >= 15 is 0 Å². The molecule has 2 aromatic carbocycles. The van der Waals surface area contributed by atoms with Gasteiger partial charge in [-0.3, -0.25) is 0 Å². The van der Waals surface area contributed by atoms with Crippen LogP contribution in [0.5, 0.6) is 0 Å². The van der Waals surface area contributed by atoms with Crippen molar-refractivity contribution in [2.75, 3.05) is 13.2 Å². The smallest absolute Gasteiger partial charge is 0.248 e. The summed E-state index contributed by atoms with van der Waals surface area (Å²) in [5.74, 6) is 8.38. The van der Waals surface area contributed by atoms with Gasteiger partial charge in [0.25, 0.3) is 0 Å². The number of aryl methyl sites for hydroxylation is 1. The van der Waals surface area contributed by atoms with Gasteiger partial charge in [-0.1, -0.05) is 329 Å². The molecule has 0 amide bonds. The van der Waals surface area contributed by atoms with E-state index in [0.29, 0.717) is 90.2 Å². The zero-order chi connectivity index (χ0) is 86.3. The number of ether oxygens (including phenoxy) is 1. The lowest BCUT2D eigenvalue weighted by Gasteiger charge is -2.46. The van der Waals surface area contributed by atoms with Crippen molar-refractivity contribution in [3.8, 4) is 0 Å². The molecule has 5 heteroatoms. The van der Waals surface area contributed by atoms with Crippen molar-refractivity contribution in [3.05, 3.63) is 71.3 Å². The fourth-order valence-corrected chi connectivity index (χ4v) is 20.2. The van der Waals surface area contributed by atoms with Crippen LogP contribution in [0.3, 0.4) is 0 Å². The number of hydrogen-bond acceptors (Lipinski definition) is 1. The summed E-state index contributed by atoms with van der Waals surface area (Å²) in [4.78, 5) is 0. The highest BCUT2D eigenvalue weighted by atomic mass is 19.3. The van der Waals surface area contributed by atoms with E-state index in [4.69, 9.17) is 4.74 Å². The molecule has 2 aromatic rings. The van der Waals surface area contributed by atoms with E-state index in [1.807, 2.05) is 0 Å². The van der Waals surface area contributed by atoms with Crippen LogP contribution < -0.4 is 0 Å². The van der Waals surface area contributed by atoms with Gasteiger partial charge in [0.2, 0.25) is 5.92 Å². The van der Waals surface area contributed by atoms with Crippen molar-refractivity contribution in [1.29, 1.82) is 0 Å². The van der Waals surface area contributed by atoms with Gasteiger partial charge in [0.1, 0.15) is 11.3 Å². The molecule has 0 aromatic heterocycles. The number of halogens is 4. The molecule has 668 valence electrons. The third-order valence-corrected chi connectivity index (χ3v) is 30.6. The minimum Gasteiger partial charge on any atom is -0.381 e. The van der Waals surface area contributed by atoms with Crippen molar-refractivity contribution >= 4 is 0 Å². The first-order chi connectivity index (χ1) is 51.2. The molecule has 5 unspecified atom stereocenters. The zero-order valence-corrected chi connectivity index (χ0v) is 82.1. The molecule has 11 aliphatic carbocycles. The van der Waals surface area contributed by atoms with Gasteiger partial charge in [0.15, 0.2) is 0 Å². The lowest BCUT2D eigenvalue weighted by molar-refractivity contribution is -0.0583. The average Bonchev–Trinajstić information content (AvgIpc) is 1.58. The van der Waals surface area contributed by atoms with Crippen molar-refractivity contribution < 1.29 is 22.3 Å². The number of alkyl halides is 4. The Morgan fingerprint density at radius 1 is 0.298 bits per heavy atom. The van der Waals surface area contributed by atoms with E-state index in [2.05, 4.69) is 283 Å². The SMILES string of the molecule is C.CC(C)(C)C1(c2ccccc2)CC1.CC(C)(C)C1CC1.CC(C)(C)C1CC2CC2C1.CC(C)(C)C1CCC(F)(F)CC1.CC(C)(C)C1CCC1.CC(C)(C)C1CCCC1.CC(C)(C)C1CCCCC1.CC(C)(C)C1CCOCC1.CC(C)(C)C1CCc2ccccc21.CC1(F)CC(C(C)(C)C)C1.CC1(F)CCC(C(C)(C)C)C1. The summed E-state index contributed by atoms with van der Waals surface area (Å²) in [7, 11) is 0. The summed E-state index contributed by atoms with van der Waals surface area (Å²) in [6.45, 7) is 81.5. The van der Waals surface area contributed by atoms with Crippen molar-refractivity contribution in [3.63, 3.8) is 0 Å². The van der Waals surface area contributed by atoms with E-state index in [1.54, 1.807) is 31.4 Å². The van der Waals surface area contributed by atoms with Crippen molar-refractivity contribution in [1.82, 2.24) is 0 Å². The summed E-state index contributed by atoms with van der Waals surface area (Å²) in [6, 6.07) is 19.9. The first-order valence-corrected chi connectivity index (χ1v) is 47.7. The highest BCUT2D eigenvalue weighted by molar-refractivity contribution is 5.36. The van der Waals surface area contributed by atoms with Crippen LogP contribution in [0.15, 0.2) is 54.6 Å². The number of fused-ring (bicyclic) bond motifs is 2. The summed E-state index contributed by atoms with van der Waals surface area (Å²) >= 11 is 0. The van der Waals surface area contributed by atoms with Gasteiger partial charge in [-0.15, -0.1) is 0 Å². The van der Waals surface area contributed by atoms with Gasteiger partial charge in [-0.2, -0.15) is 0 Å². The maximum atomic E-state index is 13.4. The number of hydrogen-bond donors (Lipinski definition) is 0. The molecule has 12 aliphatic rings. The molecule has 5 atom stereocenters. The first kappa shape index (κ1) is 106. The van der Waals surface area contributed by atoms with Crippen LogP contribution in [0.25, 0.3) is 0 Å². The Morgan fingerprint density at radius 2 is 0.632 bits per heavy atom. The quantitative estimate of drug-likeness (QED) is 0.259. The third kappa shape index (κ3) is 38.3. The van der Waals surface area contributed by atoms with E-state index < -0.39 is 17.3 Å². The normalized spacial score (nSPS) is 27.7. The van der Waals surface area contributed by atoms with Gasteiger partial charge in [0.05, 0.1) is 0 Å². The zero-order valence-electron chi connectivity index (χ0n) is 82.1. The van der Waals surface area contributed by atoms with Crippen LogP contribution in [0, 0.1) is 125 Å². The van der Waals surface area contributed by atoms with Crippen molar-refractivity contribution in [2.24, 2.45) is 125 Å². The number of benzene rings is 2. The summed E-state index contributed by atoms with van der Waals surface area (Å²) in [5, 5.41) is 0. The molecule has 0 spiro atoms. The second-order valence-electron chi connectivity index (χ2n) is 51.7. The van der Waals surface area contributed by atoms with Gasteiger partial charge >= 0.3 is 0 Å². The van der Waals surface area contributed by atoms with Crippen LogP contribution in [-0.2, 0) is 16.6 Å². The molecule has 1 aliphatic heterocycles. The molecular weight excluding hydrogens is 1400 g/mol. The molecular formula is C109H198F4O. The van der Waals surface area contributed by atoms with Gasteiger partial charge in [-0.25, -0.2) is 17.6 Å². The standard InChI is InChI=1S/2C13H18.C10H18F2.C10H19F.C10H18.C10H20.C9H17F.C9H18O.C9H18.C8H16.C7H14.CH4/c1-13(2,3)12-9-8-10-6-4-5-7-11(10)12;1-12(2,3)13(9-10-13)11-7-5-4-6-8-11;1-9(2,3)8-4-6-10(11,12)7-5-8;1-9(2,3)8-5-6-10(4,11)7-8;1-10(2,3)9-5-7-4-8(7)6-9;1-10(2,3)9-7-5-4-6-8-9;1-8(2,3)7-5-9(4,10)6-7;1-9(2,3)8-4-6-10-7-5-8;1-9(2,3)8-6-4-5-7-8;1-8(2,3)7-5-4-6-7;1-7(2,3)6-4-5-6;/h4-7,12H,8-9H2,1-3H3;4-8H,9-10H2,1-3H3;8H,4-7H2,1-3H3;8H,5-7H2,1-4H3;7-9H,4-6H2,1-3H3;9H,4-8H2,1-3H3;7H,5-6H2,1-4H3;8H,4-7H2,1-3H3;8H,4-7H2,1-3H3;7H,4-6H2,1-3H3;6H,4-5H2,1-3H3;1H4. The van der Waals surface area contributed by atoms with Crippen LogP contribution in [0.1, 0.15) is 471 Å². The highest BCUT2D eigenvalue weighted by Crippen LogP contribution is 2.61. The lowest BCUT2D eigenvalue weighted by Crippen LogP contribution is -2.43. The largest absolute Gasteiger partial charge is 0.381 e. The Bertz CT molecular complexity index is 2850. The molecule has 14 rings (SSSR count). The van der Waals surface area contributed by atoms with E-state index in [-0.39, 0.29) is 25.7 Å². The summed E-state index contributed by atoms with van der Waals surface area (Å²) in [5.41, 5.74) is 8.53. The summed E-state index contributed by atoms with van der Waals surface area (Å²) < 4.78 is 57.2. The maximum Gasteiger partial charge on any atom is 0.248 e. The molecule has 1 nitrogen and oxygen atoms in total. The third-order valence-electron chi connectivity index (χ3n) is 30.6. The van der Waals surface area contributed by atoms with Crippen LogP contribution in [0.4, 0.5) is 17.6 Å². The van der Waals surface area contributed by atoms with Gasteiger partial charge < -0.3 is 4.74 Å². The lowest BCUT2D eigenvalue weighted by atomic mass is 9.62. The predicted octanol–water partition coefficient (Wildman–Crippen LogP) is 36.4. The Morgan fingerprint density at radius 3 is 0.904 bits per heavy atom. The molecule has 0 bridgehead atoms. The Balaban J connectivity index is 0.000000326. The van der Waals surface area contributed by atoms with E-state index in [1.165, 1.54) is 147 Å². The van der Waals surface area contributed by atoms with Crippen molar-refractivity contribution in [2.45, 2.75) is 484 Å². The average molecular weight is 1600 g/mol. The van der Waals surface area contributed by atoms with Crippen LogP contribution >= 0.6 is 0 Å². The molecule has 0 N–H and O–H groups in total. The minimum absolute atomic E-state index is 0. The second kappa shape index (κ2) is 43.0. The Labute approximate surface area is 711 Å². The maximum absolute atomic E-state index is 13.4. The number of rotatable bonds is 1. The monoisotopic (exact) mass is 1600 g/mol. The van der Waals surface area contributed by atoms with Crippen LogP contribution in [0.2, 0.25) is 0 Å². The van der Waals surface area contributed by atoms with E-state index in [0.717, 1.165) is 98.6 Å². The minimum atomic E-state index is -2.37. The van der Waals surface area contributed by atoms with Gasteiger partial charge in [-0.05, 0) is 315 Å². The molecule has 0 radical (unpaired) electrons. The molecule has 10 saturated carbocycles. The highest BCUT2D eigenvalue weighted by Gasteiger charge is 2.53. The van der Waals surface area contributed by atoms with Crippen LogP contribution in [-0.4, -0.2) is 30.5 Å². The topological polar surface area (TPSA) is 9.23 Å². The Hall–Kier alpha value is -1.88. The Kier molecular flexibility index (Phi) is 40.1. The summed E-state index contributed by atoms with van der Waals surface area (Å²) in [6.07, 6.45) is 38.8. The van der Waals surface area contributed by atoms with Gasteiger partial charge in [0, 0.05) is 31.5 Å². The fourth-order valence-electron chi connectivity index (χ4n) is 20.2. The molecule has 1 saturated heterocycles. The molecule has 11 fully saturated rings. The molecule has 1 heterocycles.